The maximum atomic E-state index is 11.8. The molecule has 3 atom stereocenters. The molecule has 1 amide bonds. The Morgan fingerprint density at radius 2 is 2.19 bits per heavy atom. The number of nitrogens with zero attached hydrogens (tertiary/aromatic N) is 1. The molecule has 3 unspecified atom stereocenters. The van der Waals surface area contributed by atoms with Gasteiger partial charge < -0.3 is 15.7 Å². The van der Waals surface area contributed by atoms with Gasteiger partial charge in [-0.25, -0.2) is 0 Å². The van der Waals surface area contributed by atoms with Gasteiger partial charge in [0.25, 0.3) is 0 Å². The maximum Gasteiger partial charge on any atom is 0.239 e. The van der Waals surface area contributed by atoms with Crippen molar-refractivity contribution >= 4 is 5.91 Å². The van der Waals surface area contributed by atoms with Gasteiger partial charge in [0.15, 0.2) is 0 Å². The Hall–Kier alpha value is -0.610. The van der Waals surface area contributed by atoms with Gasteiger partial charge in [-0.05, 0) is 25.7 Å². The molecule has 3 N–H and O–H groups in total. The summed E-state index contributed by atoms with van der Waals surface area (Å²) in [5.41, 5.74) is 5.61. The van der Waals surface area contributed by atoms with E-state index >= 15 is 0 Å². The summed E-state index contributed by atoms with van der Waals surface area (Å²) in [5, 5.41) is 9.91. The lowest BCUT2D eigenvalue weighted by molar-refractivity contribution is -0.136. The molecule has 92 valence electrons. The Morgan fingerprint density at radius 3 is 2.75 bits per heavy atom. The molecule has 0 aromatic carbocycles. The fourth-order valence-corrected chi connectivity index (χ4v) is 2.52. The van der Waals surface area contributed by atoms with Crippen LogP contribution in [0.3, 0.4) is 0 Å². The largest absolute Gasteiger partial charge is 0.393 e. The van der Waals surface area contributed by atoms with Crippen LogP contribution in [-0.4, -0.2) is 41.1 Å². The molecular formula is C12H22N2O2. The first-order valence-corrected chi connectivity index (χ1v) is 6.30. The van der Waals surface area contributed by atoms with E-state index in [4.69, 9.17) is 5.73 Å². The third kappa shape index (κ3) is 2.74. The number of amides is 1. The Morgan fingerprint density at radius 1 is 1.50 bits per heavy atom. The highest BCUT2D eigenvalue weighted by Crippen LogP contribution is 2.37. The molecule has 0 aromatic heterocycles. The second-order valence-corrected chi connectivity index (χ2v) is 5.37. The minimum Gasteiger partial charge on any atom is -0.393 e. The number of rotatable bonds is 3. The van der Waals surface area contributed by atoms with Crippen LogP contribution >= 0.6 is 0 Å². The predicted octanol–water partition coefficient (Wildman–Crippen LogP) is 0.343. The summed E-state index contributed by atoms with van der Waals surface area (Å²) in [6.07, 6.45) is 4.15. The van der Waals surface area contributed by atoms with Crippen LogP contribution in [0.25, 0.3) is 0 Å². The number of hydrogen-bond donors (Lipinski definition) is 2. The molecule has 1 saturated carbocycles. The van der Waals surface area contributed by atoms with Crippen LogP contribution in [0.5, 0.6) is 0 Å². The number of aliphatic hydroxyl groups excluding tert-OH is 1. The topological polar surface area (TPSA) is 66.6 Å². The van der Waals surface area contributed by atoms with E-state index in [0.717, 1.165) is 12.3 Å². The molecule has 2 rings (SSSR count). The molecule has 2 aliphatic rings. The number of nitrogens with two attached hydrogens (primary N) is 1. The predicted molar refractivity (Wildman–Crippen MR) is 61.7 cm³/mol. The third-order valence-corrected chi connectivity index (χ3v) is 3.73. The molecule has 1 saturated heterocycles. The van der Waals surface area contributed by atoms with E-state index in [1.807, 2.05) is 4.90 Å². The van der Waals surface area contributed by atoms with E-state index in [0.29, 0.717) is 19.5 Å². The van der Waals surface area contributed by atoms with Gasteiger partial charge in [0.05, 0.1) is 12.1 Å². The number of hydrogen-bond acceptors (Lipinski definition) is 3. The highest BCUT2D eigenvalue weighted by Gasteiger charge is 2.35. The van der Waals surface area contributed by atoms with Gasteiger partial charge >= 0.3 is 0 Å². The van der Waals surface area contributed by atoms with E-state index in [1.165, 1.54) is 12.8 Å². The molecule has 0 aromatic rings. The number of likely N-dealkylation sites (tertiary alicyclic amines) is 1. The lowest BCUT2D eigenvalue weighted by atomic mass is 9.89. The van der Waals surface area contributed by atoms with Crippen LogP contribution in [0.15, 0.2) is 0 Å². The monoisotopic (exact) mass is 226 g/mol. The highest BCUT2D eigenvalue weighted by molar-refractivity contribution is 5.81. The van der Waals surface area contributed by atoms with Crippen LogP contribution in [-0.2, 0) is 4.79 Å². The van der Waals surface area contributed by atoms with Crippen LogP contribution in [0.1, 0.15) is 32.6 Å². The van der Waals surface area contributed by atoms with E-state index in [9.17, 15) is 9.90 Å². The zero-order valence-corrected chi connectivity index (χ0v) is 9.93. The van der Waals surface area contributed by atoms with Crippen LogP contribution in [0.4, 0.5) is 0 Å². The summed E-state index contributed by atoms with van der Waals surface area (Å²) >= 11 is 0. The van der Waals surface area contributed by atoms with Gasteiger partial charge in [-0.3, -0.25) is 4.79 Å². The molecule has 0 spiro atoms. The van der Waals surface area contributed by atoms with Gasteiger partial charge in [-0.2, -0.15) is 0 Å². The van der Waals surface area contributed by atoms with Gasteiger partial charge in [0, 0.05) is 19.0 Å². The zero-order chi connectivity index (χ0) is 11.7. The fourth-order valence-electron chi connectivity index (χ4n) is 2.52. The quantitative estimate of drug-likeness (QED) is 0.729. The second-order valence-electron chi connectivity index (χ2n) is 5.37. The van der Waals surface area contributed by atoms with Crippen LogP contribution in [0, 0.1) is 11.8 Å². The average molecular weight is 226 g/mol. The Bertz CT molecular complexity index is 264. The summed E-state index contributed by atoms with van der Waals surface area (Å²) in [7, 11) is 0. The third-order valence-electron chi connectivity index (χ3n) is 3.73. The van der Waals surface area contributed by atoms with Crippen molar-refractivity contribution in [2.24, 2.45) is 17.6 Å². The minimum absolute atomic E-state index is 0.0210. The van der Waals surface area contributed by atoms with Gasteiger partial charge in [0.2, 0.25) is 5.91 Å². The molecule has 1 aliphatic carbocycles. The summed E-state index contributed by atoms with van der Waals surface area (Å²) < 4.78 is 0. The highest BCUT2D eigenvalue weighted by atomic mass is 16.3. The minimum atomic E-state index is -0.420. The number of aliphatic hydroxyl groups is 1. The molecule has 0 bridgehead atoms. The van der Waals surface area contributed by atoms with Crippen molar-refractivity contribution in [1.29, 1.82) is 0 Å². The number of carbonyl (C=O) groups excluding carboxylic acids is 1. The molecule has 4 heteroatoms. The summed E-state index contributed by atoms with van der Waals surface area (Å²) in [4.78, 5) is 13.6. The standard InChI is InChI=1S/C12H22N2O2/c1-8(13)12(16)14-5-4-11(15)10(7-14)6-9-2-3-9/h8-11,15H,2-7,13H2,1H3. The molecule has 16 heavy (non-hydrogen) atoms. The van der Waals surface area contributed by atoms with E-state index in [1.54, 1.807) is 6.92 Å². The smallest absolute Gasteiger partial charge is 0.239 e. The first-order chi connectivity index (χ1) is 7.58. The molecular weight excluding hydrogens is 204 g/mol. The zero-order valence-electron chi connectivity index (χ0n) is 9.93. The lowest BCUT2D eigenvalue weighted by Gasteiger charge is -2.37. The summed E-state index contributed by atoms with van der Waals surface area (Å²) in [6, 6.07) is -0.420. The van der Waals surface area contributed by atoms with E-state index in [-0.39, 0.29) is 17.9 Å². The molecule has 0 radical (unpaired) electrons. The molecule has 4 nitrogen and oxygen atoms in total. The van der Waals surface area contributed by atoms with E-state index in [2.05, 4.69) is 0 Å². The normalized spacial score (nSPS) is 32.6. The second kappa shape index (κ2) is 4.72. The van der Waals surface area contributed by atoms with Crippen molar-refractivity contribution in [2.45, 2.75) is 44.8 Å². The van der Waals surface area contributed by atoms with Crippen molar-refractivity contribution in [3.8, 4) is 0 Å². The fraction of sp³-hybridized carbons (Fsp3) is 0.917. The number of piperidine rings is 1. The average Bonchev–Trinajstić information content (AvgIpc) is 3.04. The van der Waals surface area contributed by atoms with Crippen LogP contribution < -0.4 is 5.73 Å². The summed E-state index contributed by atoms with van der Waals surface area (Å²) in [5.74, 6) is 1.08. The Labute approximate surface area is 96.8 Å². The van der Waals surface area contributed by atoms with Gasteiger partial charge in [-0.15, -0.1) is 0 Å². The molecule has 1 heterocycles. The maximum absolute atomic E-state index is 11.8. The SMILES string of the molecule is CC(N)C(=O)N1CCC(O)C(CC2CC2)C1. The van der Waals surface area contributed by atoms with Crippen molar-refractivity contribution in [2.75, 3.05) is 13.1 Å². The van der Waals surface area contributed by atoms with Gasteiger partial charge in [-0.1, -0.05) is 12.8 Å². The molecule has 1 aliphatic heterocycles. The number of carbonyl (C=O) groups is 1. The summed E-state index contributed by atoms with van der Waals surface area (Å²) in [6.45, 7) is 3.07. The first kappa shape index (κ1) is 11.9. The van der Waals surface area contributed by atoms with Crippen LogP contribution in [0.2, 0.25) is 0 Å². The van der Waals surface area contributed by atoms with Crippen molar-refractivity contribution < 1.29 is 9.90 Å². The van der Waals surface area contributed by atoms with Crippen molar-refractivity contribution in [3.05, 3.63) is 0 Å². The Kier molecular flexibility index (Phi) is 3.50. The van der Waals surface area contributed by atoms with Crippen molar-refractivity contribution in [1.82, 2.24) is 4.90 Å². The van der Waals surface area contributed by atoms with E-state index < -0.39 is 6.04 Å². The lowest BCUT2D eigenvalue weighted by Crippen LogP contribution is -2.50. The molecule has 2 fully saturated rings. The van der Waals surface area contributed by atoms with Gasteiger partial charge in [0.1, 0.15) is 0 Å². The first-order valence-electron chi connectivity index (χ1n) is 6.30. The van der Waals surface area contributed by atoms with Crippen molar-refractivity contribution in [3.63, 3.8) is 0 Å². The Balaban J connectivity index is 1.90.